The lowest BCUT2D eigenvalue weighted by atomic mass is 9.47. The topological polar surface area (TPSA) is 43.1 Å². The van der Waals surface area contributed by atoms with Crippen molar-refractivity contribution in [3.63, 3.8) is 0 Å². The molecule has 2 N–H and O–H groups in total. The Morgan fingerprint density at radius 3 is 2.68 bits per heavy atom. The minimum atomic E-state index is -0.170. The number of amides is 1. The molecule has 0 unspecified atom stereocenters. The Bertz CT molecular complexity index is 510. The maximum Gasteiger partial charge on any atom is 0.244 e. The van der Waals surface area contributed by atoms with Gasteiger partial charge in [-0.25, -0.2) is 0 Å². The van der Waals surface area contributed by atoms with E-state index in [0.717, 1.165) is 23.3 Å². The van der Waals surface area contributed by atoms with Gasteiger partial charge in [-0.2, -0.15) is 0 Å². The number of allylic oxidation sites excluding steroid dienone is 1. The predicted octanol–water partition coefficient (Wildman–Crippen LogP) is 4.30. The molecule has 4 aliphatic carbocycles. The van der Waals surface area contributed by atoms with Crippen molar-refractivity contribution in [1.29, 1.82) is 0 Å². The van der Waals surface area contributed by atoms with Crippen LogP contribution in [0.2, 0.25) is 0 Å². The highest BCUT2D eigenvalue weighted by Gasteiger charge is 2.55. The first kappa shape index (κ1) is 14.8. The van der Waals surface area contributed by atoms with E-state index in [4.69, 9.17) is 5.73 Å². The molecule has 0 saturated heterocycles. The Morgan fingerprint density at radius 1 is 1.14 bits per heavy atom. The summed E-state index contributed by atoms with van der Waals surface area (Å²) >= 11 is 0. The van der Waals surface area contributed by atoms with E-state index in [1.807, 2.05) is 0 Å². The average molecular weight is 301 g/mol. The maximum absolute atomic E-state index is 11.8. The van der Waals surface area contributed by atoms with Crippen LogP contribution in [-0.2, 0) is 4.79 Å². The van der Waals surface area contributed by atoms with Gasteiger partial charge in [0.15, 0.2) is 0 Å². The molecule has 122 valence electrons. The Labute approximate surface area is 134 Å². The van der Waals surface area contributed by atoms with E-state index < -0.39 is 0 Å². The van der Waals surface area contributed by atoms with Crippen molar-refractivity contribution in [2.75, 3.05) is 0 Å². The van der Waals surface area contributed by atoms with Crippen molar-refractivity contribution in [2.24, 2.45) is 46.7 Å². The third-order valence-corrected chi connectivity index (χ3v) is 8.25. The molecule has 1 amide bonds. The largest absolute Gasteiger partial charge is 0.366 e. The number of rotatable bonds is 1. The first-order chi connectivity index (χ1) is 10.5. The summed E-state index contributed by atoms with van der Waals surface area (Å²) in [6.45, 7) is 4.83. The summed E-state index contributed by atoms with van der Waals surface area (Å²) in [6.07, 6.45) is 13.6. The standard InChI is InChI=1S/C20H31NO/c1-12-14-8-9-18-15(17(14)11-16(12)19(21)22)7-6-13-5-3-4-10-20(13,18)2/h11-15,17-18H,3-10H2,1-2H3,(H2,21,22)/t12-,13+,14-,15-,17+,18-,20-/m0/s1. The lowest BCUT2D eigenvalue weighted by molar-refractivity contribution is -0.115. The van der Waals surface area contributed by atoms with Crippen molar-refractivity contribution in [3.8, 4) is 0 Å². The summed E-state index contributed by atoms with van der Waals surface area (Å²) in [5, 5.41) is 0. The average Bonchev–Trinajstić information content (AvgIpc) is 2.84. The SMILES string of the molecule is C[C@@H]1C(C(N)=O)=C[C@@H]2[C@H]1CC[C@H]1[C@H]2CC[C@H]2CCCC[C@@]21C. The number of hydrogen-bond donors (Lipinski definition) is 1. The fourth-order valence-corrected chi connectivity index (χ4v) is 7.09. The van der Waals surface area contributed by atoms with Crippen LogP contribution >= 0.6 is 0 Å². The van der Waals surface area contributed by atoms with Gasteiger partial charge in [0, 0.05) is 5.57 Å². The third kappa shape index (κ3) is 1.95. The van der Waals surface area contributed by atoms with Crippen LogP contribution in [0.15, 0.2) is 11.6 Å². The van der Waals surface area contributed by atoms with Gasteiger partial charge in [-0.05, 0) is 79.4 Å². The van der Waals surface area contributed by atoms with Gasteiger partial charge in [0.05, 0.1) is 0 Å². The quantitative estimate of drug-likeness (QED) is 0.771. The molecule has 0 aromatic rings. The maximum atomic E-state index is 11.8. The Kier molecular flexibility index (Phi) is 3.43. The van der Waals surface area contributed by atoms with Crippen molar-refractivity contribution in [2.45, 2.75) is 65.2 Å². The van der Waals surface area contributed by atoms with Gasteiger partial charge in [0.2, 0.25) is 5.91 Å². The third-order valence-electron chi connectivity index (χ3n) is 8.25. The van der Waals surface area contributed by atoms with E-state index >= 15 is 0 Å². The smallest absolute Gasteiger partial charge is 0.244 e. The molecular weight excluding hydrogens is 270 g/mol. The van der Waals surface area contributed by atoms with Crippen LogP contribution in [-0.4, -0.2) is 5.91 Å². The second-order valence-electron chi connectivity index (χ2n) is 8.89. The zero-order chi connectivity index (χ0) is 15.5. The summed E-state index contributed by atoms with van der Waals surface area (Å²) in [5.74, 6) is 4.22. The summed E-state index contributed by atoms with van der Waals surface area (Å²) < 4.78 is 0. The normalized spacial score (nSPS) is 50.5. The van der Waals surface area contributed by atoms with Crippen LogP contribution in [0.3, 0.4) is 0 Å². The van der Waals surface area contributed by atoms with Crippen LogP contribution in [0, 0.1) is 40.9 Å². The predicted molar refractivity (Wildman–Crippen MR) is 88.9 cm³/mol. The molecule has 0 spiro atoms. The molecule has 0 radical (unpaired) electrons. The Balaban J connectivity index is 1.64. The monoisotopic (exact) mass is 301 g/mol. The van der Waals surface area contributed by atoms with Crippen LogP contribution in [0.4, 0.5) is 0 Å². The second-order valence-corrected chi connectivity index (χ2v) is 8.89. The molecule has 4 rings (SSSR count). The van der Waals surface area contributed by atoms with E-state index in [9.17, 15) is 4.79 Å². The highest BCUT2D eigenvalue weighted by molar-refractivity contribution is 5.93. The van der Waals surface area contributed by atoms with Gasteiger partial charge in [-0.15, -0.1) is 0 Å². The summed E-state index contributed by atoms with van der Waals surface area (Å²) in [5.41, 5.74) is 7.15. The number of nitrogens with two attached hydrogens (primary N) is 1. The second kappa shape index (κ2) is 5.11. The Morgan fingerprint density at radius 2 is 1.91 bits per heavy atom. The minimum absolute atomic E-state index is 0.170. The van der Waals surface area contributed by atoms with Crippen molar-refractivity contribution in [1.82, 2.24) is 0 Å². The number of carbonyl (C=O) groups excluding carboxylic acids is 1. The fourth-order valence-electron chi connectivity index (χ4n) is 7.09. The number of fused-ring (bicyclic) bond motifs is 5. The van der Waals surface area contributed by atoms with Gasteiger partial charge in [0.1, 0.15) is 0 Å². The van der Waals surface area contributed by atoms with Gasteiger partial charge in [-0.3, -0.25) is 4.79 Å². The van der Waals surface area contributed by atoms with Gasteiger partial charge >= 0.3 is 0 Å². The van der Waals surface area contributed by atoms with Gasteiger partial charge in [-0.1, -0.05) is 32.8 Å². The Hall–Kier alpha value is -0.790. The highest BCUT2D eigenvalue weighted by Crippen LogP contribution is 2.63. The summed E-state index contributed by atoms with van der Waals surface area (Å²) in [4.78, 5) is 11.8. The highest BCUT2D eigenvalue weighted by atomic mass is 16.1. The number of hydrogen-bond acceptors (Lipinski definition) is 1. The van der Waals surface area contributed by atoms with Crippen LogP contribution in [0.5, 0.6) is 0 Å². The molecule has 0 aromatic carbocycles. The van der Waals surface area contributed by atoms with Crippen LogP contribution in [0.25, 0.3) is 0 Å². The van der Waals surface area contributed by atoms with Crippen molar-refractivity contribution >= 4 is 5.91 Å². The molecule has 4 aliphatic rings. The summed E-state index contributed by atoms with van der Waals surface area (Å²) in [7, 11) is 0. The fraction of sp³-hybridized carbons (Fsp3) is 0.850. The zero-order valence-electron chi connectivity index (χ0n) is 14.2. The van der Waals surface area contributed by atoms with Crippen molar-refractivity contribution < 1.29 is 4.79 Å². The van der Waals surface area contributed by atoms with Crippen molar-refractivity contribution in [3.05, 3.63) is 11.6 Å². The lowest BCUT2D eigenvalue weighted by Gasteiger charge is -2.58. The van der Waals surface area contributed by atoms with Gasteiger partial charge < -0.3 is 5.73 Å². The van der Waals surface area contributed by atoms with Gasteiger partial charge in [0.25, 0.3) is 0 Å². The van der Waals surface area contributed by atoms with E-state index in [1.54, 1.807) is 0 Å². The number of carbonyl (C=O) groups is 1. The molecule has 3 fully saturated rings. The molecule has 0 aliphatic heterocycles. The zero-order valence-corrected chi connectivity index (χ0v) is 14.2. The lowest BCUT2D eigenvalue weighted by Crippen LogP contribution is -2.50. The minimum Gasteiger partial charge on any atom is -0.366 e. The number of primary amides is 1. The molecule has 0 heterocycles. The molecule has 22 heavy (non-hydrogen) atoms. The molecular formula is C20H31NO. The van der Waals surface area contributed by atoms with Crippen LogP contribution < -0.4 is 5.73 Å². The molecule has 0 aromatic heterocycles. The van der Waals surface area contributed by atoms with E-state index in [-0.39, 0.29) is 5.91 Å². The van der Waals surface area contributed by atoms with E-state index in [0.29, 0.717) is 23.2 Å². The molecule has 2 nitrogen and oxygen atoms in total. The van der Waals surface area contributed by atoms with E-state index in [1.165, 1.54) is 51.4 Å². The van der Waals surface area contributed by atoms with E-state index in [2.05, 4.69) is 19.9 Å². The molecule has 3 saturated carbocycles. The first-order valence-electron chi connectivity index (χ1n) is 9.54. The molecule has 0 bridgehead atoms. The van der Waals surface area contributed by atoms with Crippen LogP contribution in [0.1, 0.15) is 65.2 Å². The summed E-state index contributed by atoms with van der Waals surface area (Å²) in [6, 6.07) is 0. The first-order valence-corrected chi connectivity index (χ1v) is 9.54. The molecule has 7 atom stereocenters. The molecule has 2 heteroatoms.